The van der Waals surface area contributed by atoms with Gasteiger partial charge >= 0.3 is 0 Å². The lowest BCUT2D eigenvalue weighted by Gasteiger charge is -2.20. The van der Waals surface area contributed by atoms with E-state index in [2.05, 4.69) is 34.9 Å². The minimum atomic E-state index is -3.52. The Labute approximate surface area is 168 Å². The highest BCUT2D eigenvalue weighted by molar-refractivity contribution is 7.89. The molecule has 7 heteroatoms. The Hall–Kier alpha value is -2.22. The molecule has 1 amide bonds. The van der Waals surface area contributed by atoms with Gasteiger partial charge in [-0.2, -0.15) is 0 Å². The standard InChI is InChI=1S/C21H29N3O3S/c1-4-23-28(26,27)20-13-11-17(12-14-20)21(25)22-15-18-9-7-8-10-19(18)16-24(5-2)6-3/h7-14,23H,4-6,15-16H2,1-3H3,(H,22,25). The number of nitrogens with one attached hydrogen (secondary N) is 2. The first-order chi connectivity index (χ1) is 13.4. The van der Waals surface area contributed by atoms with Crippen molar-refractivity contribution in [2.24, 2.45) is 0 Å². The van der Waals surface area contributed by atoms with Crippen molar-refractivity contribution in [3.63, 3.8) is 0 Å². The van der Waals surface area contributed by atoms with Gasteiger partial charge in [0.2, 0.25) is 10.0 Å². The molecule has 0 aliphatic rings. The van der Waals surface area contributed by atoms with Gasteiger partial charge in [-0.3, -0.25) is 9.69 Å². The number of hydrogen-bond acceptors (Lipinski definition) is 4. The fourth-order valence-electron chi connectivity index (χ4n) is 2.91. The van der Waals surface area contributed by atoms with Crippen LogP contribution in [0.1, 0.15) is 42.3 Å². The zero-order chi connectivity index (χ0) is 20.6. The van der Waals surface area contributed by atoms with Gasteiger partial charge in [0.1, 0.15) is 0 Å². The summed E-state index contributed by atoms with van der Waals surface area (Å²) in [5.74, 6) is -0.231. The summed E-state index contributed by atoms with van der Waals surface area (Å²) in [5, 5.41) is 2.93. The average molecular weight is 404 g/mol. The van der Waals surface area contributed by atoms with Crippen molar-refractivity contribution >= 4 is 15.9 Å². The zero-order valence-electron chi connectivity index (χ0n) is 16.7. The Morgan fingerprint density at radius 1 is 0.929 bits per heavy atom. The molecule has 6 nitrogen and oxygen atoms in total. The van der Waals surface area contributed by atoms with Gasteiger partial charge in [0.25, 0.3) is 5.91 Å². The van der Waals surface area contributed by atoms with Gasteiger partial charge in [-0.1, -0.05) is 45.0 Å². The van der Waals surface area contributed by atoms with Crippen LogP contribution < -0.4 is 10.0 Å². The van der Waals surface area contributed by atoms with Crippen LogP contribution in [0.15, 0.2) is 53.4 Å². The van der Waals surface area contributed by atoms with Crippen molar-refractivity contribution in [1.82, 2.24) is 14.9 Å². The van der Waals surface area contributed by atoms with Crippen LogP contribution >= 0.6 is 0 Å². The van der Waals surface area contributed by atoms with E-state index in [4.69, 9.17) is 0 Å². The van der Waals surface area contributed by atoms with Gasteiger partial charge in [0.05, 0.1) is 4.90 Å². The van der Waals surface area contributed by atoms with Gasteiger partial charge < -0.3 is 5.32 Å². The molecule has 0 radical (unpaired) electrons. The molecule has 0 aliphatic carbocycles. The Balaban J connectivity index is 2.05. The second kappa shape index (κ2) is 10.4. The molecular formula is C21H29N3O3S. The summed E-state index contributed by atoms with van der Waals surface area (Å²) in [6, 6.07) is 14.0. The zero-order valence-corrected chi connectivity index (χ0v) is 17.6. The third-order valence-corrected chi connectivity index (χ3v) is 6.17. The summed E-state index contributed by atoms with van der Waals surface area (Å²) >= 11 is 0. The Bertz CT molecular complexity index is 876. The fourth-order valence-corrected chi connectivity index (χ4v) is 3.95. The highest BCUT2D eigenvalue weighted by atomic mass is 32.2. The first kappa shape index (κ1) is 22.1. The molecular weight excluding hydrogens is 374 g/mol. The molecule has 0 aliphatic heterocycles. The molecule has 0 saturated carbocycles. The molecule has 28 heavy (non-hydrogen) atoms. The van der Waals surface area contributed by atoms with Crippen LogP contribution in [0.2, 0.25) is 0 Å². The average Bonchev–Trinajstić information content (AvgIpc) is 2.71. The Morgan fingerprint density at radius 3 is 2.11 bits per heavy atom. The molecule has 0 bridgehead atoms. The largest absolute Gasteiger partial charge is 0.348 e. The van der Waals surface area contributed by atoms with Crippen LogP contribution in [0.3, 0.4) is 0 Å². The van der Waals surface area contributed by atoms with E-state index < -0.39 is 10.0 Å². The third kappa shape index (κ3) is 5.89. The Morgan fingerprint density at radius 2 is 1.54 bits per heavy atom. The first-order valence-corrected chi connectivity index (χ1v) is 11.1. The summed E-state index contributed by atoms with van der Waals surface area (Å²) in [6.07, 6.45) is 0. The van der Waals surface area contributed by atoms with E-state index in [1.807, 2.05) is 18.2 Å². The van der Waals surface area contributed by atoms with Gasteiger partial charge in [-0.15, -0.1) is 0 Å². The normalized spacial score (nSPS) is 11.6. The number of nitrogens with zero attached hydrogens (tertiary/aromatic N) is 1. The molecule has 0 heterocycles. The quantitative estimate of drug-likeness (QED) is 0.639. The predicted molar refractivity (Wildman–Crippen MR) is 112 cm³/mol. The van der Waals surface area contributed by atoms with Crippen LogP contribution in [0.25, 0.3) is 0 Å². The monoisotopic (exact) mass is 403 g/mol. The molecule has 152 valence electrons. The van der Waals surface area contributed by atoms with E-state index >= 15 is 0 Å². The van der Waals surface area contributed by atoms with E-state index in [0.717, 1.165) is 25.2 Å². The summed E-state index contributed by atoms with van der Waals surface area (Å²) < 4.78 is 26.4. The second-order valence-corrected chi connectivity index (χ2v) is 8.21. The van der Waals surface area contributed by atoms with Crippen molar-refractivity contribution in [1.29, 1.82) is 0 Å². The maximum atomic E-state index is 12.5. The van der Waals surface area contributed by atoms with Crippen LogP contribution in [0, 0.1) is 0 Å². The van der Waals surface area contributed by atoms with E-state index in [0.29, 0.717) is 18.7 Å². The number of carbonyl (C=O) groups is 1. The molecule has 0 aromatic heterocycles. The SMILES string of the molecule is CCNS(=O)(=O)c1ccc(C(=O)NCc2ccccc2CN(CC)CC)cc1. The predicted octanol–water partition coefficient (Wildman–Crippen LogP) is 2.76. The molecule has 0 spiro atoms. The third-order valence-electron chi connectivity index (χ3n) is 4.61. The Kier molecular flexibility index (Phi) is 8.17. The van der Waals surface area contributed by atoms with Gasteiger partial charge in [-0.05, 0) is 48.5 Å². The van der Waals surface area contributed by atoms with E-state index in [1.165, 1.54) is 29.8 Å². The van der Waals surface area contributed by atoms with E-state index in [-0.39, 0.29) is 10.8 Å². The minimum Gasteiger partial charge on any atom is -0.348 e. The second-order valence-electron chi connectivity index (χ2n) is 6.44. The lowest BCUT2D eigenvalue weighted by molar-refractivity contribution is 0.0950. The number of rotatable bonds is 10. The molecule has 2 aromatic rings. The van der Waals surface area contributed by atoms with Gasteiger partial charge in [0.15, 0.2) is 0 Å². The topological polar surface area (TPSA) is 78.5 Å². The summed E-state index contributed by atoms with van der Waals surface area (Å²) in [6.45, 7) is 9.51. The maximum absolute atomic E-state index is 12.5. The number of amides is 1. The number of carbonyl (C=O) groups excluding carboxylic acids is 1. The molecule has 0 fully saturated rings. The fraction of sp³-hybridized carbons (Fsp3) is 0.381. The van der Waals surface area contributed by atoms with E-state index in [9.17, 15) is 13.2 Å². The van der Waals surface area contributed by atoms with Crippen LogP contribution in [-0.2, 0) is 23.1 Å². The van der Waals surface area contributed by atoms with E-state index in [1.54, 1.807) is 6.92 Å². The maximum Gasteiger partial charge on any atom is 0.251 e. The van der Waals surface area contributed by atoms with Gasteiger partial charge in [-0.25, -0.2) is 13.1 Å². The smallest absolute Gasteiger partial charge is 0.251 e. The van der Waals surface area contributed by atoms with Crippen LogP contribution in [-0.4, -0.2) is 38.9 Å². The number of sulfonamides is 1. The lowest BCUT2D eigenvalue weighted by atomic mass is 10.1. The molecule has 0 saturated heterocycles. The number of hydrogen-bond donors (Lipinski definition) is 2. The lowest BCUT2D eigenvalue weighted by Crippen LogP contribution is -2.26. The number of benzene rings is 2. The van der Waals surface area contributed by atoms with Crippen LogP contribution in [0.5, 0.6) is 0 Å². The summed E-state index contributed by atoms with van der Waals surface area (Å²) in [4.78, 5) is 14.9. The van der Waals surface area contributed by atoms with Crippen molar-refractivity contribution in [2.45, 2.75) is 38.8 Å². The summed E-state index contributed by atoms with van der Waals surface area (Å²) in [5.41, 5.74) is 2.70. The van der Waals surface area contributed by atoms with Crippen molar-refractivity contribution in [2.75, 3.05) is 19.6 Å². The molecule has 2 aromatic carbocycles. The van der Waals surface area contributed by atoms with Crippen molar-refractivity contribution < 1.29 is 13.2 Å². The first-order valence-electron chi connectivity index (χ1n) is 9.58. The van der Waals surface area contributed by atoms with Crippen LogP contribution in [0.4, 0.5) is 0 Å². The molecule has 0 unspecified atom stereocenters. The van der Waals surface area contributed by atoms with Crippen molar-refractivity contribution in [3.05, 3.63) is 65.2 Å². The van der Waals surface area contributed by atoms with Gasteiger partial charge in [0, 0.05) is 25.2 Å². The highest BCUT2D eigenvalue weighted by Gasteiger charge is 2.14. The summed E-state index contributed by atoms with van der Waals surface area (Å²) in [7, 11) is -3.52. The highest BCUT2D eigenvalue weighted by Crippen LogP contribution is 2.13. The minimum absolute atomic E-state index is 0.149. The molecule has 2 N–H and O–H groups in total. The van der Waals surface area contributed by atoms with Crippen molar-refractivity contribution in [3.8, 4) is 0 Å². The molecule has 0 atom stereocenters. The molecule has 2 rings (SSSR count).